The molecule has 0 bridgehead atoms. The lowest BCUT2D eigenvalue weighted by Crippen LogP contribution is -2.33. The van der Waals surface area contributed by atoms with Gasteiger partial charge in [0.25, 0.3) is 0 Å². The molecule has 2 fully saturated rings. The molecule has 1 heterocycles. The molecule has 0 aromatic rings. The number of nitrogens with zero attached hydrogens (tertiary/aromatic N) is 1. The number of carbonyl (C=O) groups is 1. The molecule has 1 saturated heterocycles. The predicted octanol–water partition coefficient (Wildman–Crippen LogP) is 0.771. The Morgan fingerprint density at radius 3 is 2.55 bits per heavy atom. The Morgan fingerprint density at radius 1 is 1.55 bits per heavy atom. The van der Waals surface area contributed by atoms with Crippen molar-refractivity contribution in [2.45, 2.75) is 19.9 Å². The van der Waals surface area contributed by atoms with E-state index in [2.05, 4.69) is 18.7 Å². The Morgan fingerprint density at radius 2 is 2.18 bits per heavy atom. The van der Waals surface area contributed by atoms with Crippen molar-refractivity contribution in [3.05, 3.63) is 0 Å². The second-order valence-electron chi connectivity index (χ2n) is 4.52. The van der Waals surface area contributed by atoms with E-state index in [4.69, 9.17) is 0 Å². The van der Waals surface area contributed by atoms with E-state index in [1.165, 1.54) is 0 Å². The predicted molar refractivity (Wildman–Crippen MR) is 43.2 cm³/mol. The lowest BCUT2D eigenvalue weighted by molar-refractivity contribution is -0.112. The van der Waals surface area contributed by atoms with Crippen LogP contribution in [0.5, 0.6) is 0 Å². The number of aldehydes is 1. The van der Waals surface area contributed by atoms with Crippen molar-refractivity contribution in [3.63, 3.8) is 0 Å². The van der Waals surface area contributed by atoms with Crippen LogP contribution in [0.15, 0.2) is 0 Å². The maximum Gasteiger partial charge on any atom is 0.137 e. The van der Waals surface area contributed by atoms with Gasteiger partial charge >= 0.3 is 0 Å². The summed E-state index contributed by atoms with van der Waals surface area (Å²) in [6.45, 7) is 5.65. The summed E-state index contributed by atoms with van der Waals surface area (Å²) in [7, 11) is 2.04. The van der Waals surface area contributed by atoms with Crippen LogP contribution in [0.2, 0.25) is 0 Å². The summed E-state index contributed by atoms with van der Waals surface area (Å²) in [4.78, 5) is 12.9. The third-order valence-electron chi connectivity index (χ3n) is 3.64. The van der Waals surface area contributed by atoms with Crippen LogP contribution in [0.25, 0.3) is 0 Å². The number of fused-ring (bicyclic) bond motifs is 1. The first-order valence-electron chi connectivity index (χ1n) is 4.24. The van der Waals surface area contributed by atoms with Crippen LogP contribution in [0.1, 0.15) is 13.8 Å². The van der Waals surface area contributed by atoms with E-state index in [0.29, 0.717) is 11.3 Å². The van der Waals surface area contributed by atoms with E-state index in [0.717, 1.165) is 18.7 Å². The Balaban J connectivity index is 2.16. The molecule has 2 aliphatic rings. The minimum absolute atomic E-state index is 0.204. The summed E-state index contributed by atoms with van der Waals surface area (Å²) in [6.07, 6.45) is 1.11. The van der Waals surface area contributed by atoms with Crippen LogP contribution < -0.4 is 0 Å². The smallest absolute Gasteiger partial charge is 0.137 e. The van der Waals surface area contributed by atoms with Crippen LogP contribution >= 0.6 is 0 Å². The first kappa shape index (κ1) is 7.29. The van der Waals surface area contributed by atoms with Crippen molar-refractivity contribution in [1.29, 1.82) is 0 Å². The average Bonchev–Trinajstić information content (AvgIpc) is 2.38. The third kappa shape index (κ3) is 0.734. The van der Waals surface area contributed by atoms with E-state index >= 15 is 0 Å². The van der Waals surface area contributed by atoms with E-state index in [1.54, 1.807) is 0 Å². The highest BCUT2D eigenvalue weighted by molar-refractivity contribution is 5.61. The summed E-state index contributed by atoms with van der Waals surface area (Å²) < 4.78 is 0. The maximum absolute atomic E-state index is 10.7. The van der Waals surface area contributed by atoms with Crippen molar-refractivity contribution in [1.82, 2.24) is 4.90 Å². The average molecular weight is 153 g/mol. The van der Waals surface area contributed by atoms with Gasteiger partial charge in [-0.25, -0.2) is 0 Å². The van der Waals surface area contributed by atoms with E-state index < -0.39 is 0 Å². The van der Waals surface area contributed by atoms with Crippen LogP contribution in [-0.2, 0) is 4.79 Å². The Kier molecular flexibility index (Phi) is 1.23. The number of likely N-dealkylation sites (tertiary alicyclic amines) is 1. The SMILES string of the molecule is CN1C[C@@H]2[C@H]([C@H]1C=O)C2(C)C. The second-order valence-corrected chi connectivity index (χ2v) is 4.52. The second kappa shape index (κ2) is 1.86. The zero-order valence-corrected chi connectivity index (χ0v) is 7.37. The minimum atomic E-state index is 0.204. The molecular formula is C9H15NO. The third-order valence-corrected chi connectivity index (χ3v) is 3.64. The van der Waals surface area contributed by atoms with Gasteiger partial charge in [-0.2, -0.15) is 0 Å². The largest absolute Gasteiger partial charge is 0.302 e. The zero-order valence-electron chi connectivity index (χ0n) is 7.37. The van der Waals surface area contributed by atoms with Gasteiger partial charge in [-0.1, -0.05) is 13.8 Å². The zero-order chi connectivity index (χ0) is 8.22. The van der Waals surface area contributed by atoms with Gasteiger partial charge in [-0.15, -0.1) is 0 Å². The van der Waals surface area contributed by atoms with Crippen molar-refractivity contribution >= 4 is 6.29 Å². The maximum atomic E-state index is 10.7. The molecule has 1 aliphatic heterocycles. The molecule has 0 aromatic heterocycles. The molecule has 0 amide bonds. The van der Waals surface area contributed by atoms with Crippen LogP contribution in [-0.4, -0.2) is 30.8 Å². The van der Waals surface area contributed by atoms with Crippen LogP contribution in [0.3, 0.4) is 0 Å². The van der Waals surface area contributed by atoms with Crippen molar-refractivity contribution in [2.24, 2.45) is 17.3 Å². The van der Waals surface area contributed by atoms with Crippen LogP contribution in [0, 0.1) is 17.3 Å². The first-order valence-corrected chi connectivity index (χ1v) is 4.24. The first-order chi connectivity index (χ1) is 5.09. The highest BCUT2D eigenvalue weighted by Gasteiger charge is 2.65. The number of carbonyl (C=O) groups excluding carboxylic acids is 1. The molecule has 2 heteroatoms. The number of hydrogen-bond donors (Lipinski definition) is 0. The Hall–Kier alpha value is -0.370. The summed E-state index contributed by atoms with van der Waals surface area (Å²) >= 11 is 0. The van der Waals surface area contributed by atoms with Gasteiger partial charge in [0.2, 0.25) is 0 Å². The molecule has 0 N–H and O–H groups in total. The minimum Gasteiger partial charge on any atom is -0.302 e. The number of likely N-dealkylation sites (N-methyl/N-ethyl adjacent to an activating group) is 1. The summed E-state index contributed by atoms with van der Waals surface area (Å²) in [6, 6.07) is 0.204. The van der Waals surface area contributed by atoms with Crippen molar-refractivity contribution in [3.8, 4) is 0 Å². The Labute approximate surface area is 67.6 Å². The summed E-state index contributed by atoms with van der Waals surface area (Å²) in [5.74, 6) is 1.42. The fraction of sp³-hybridized carbons (Fsp3) is 0.889. The monoisotopic (exact) mass is 153 g/mol. The van der Waals surface area contributed by atoms with Gasteiger partial charge in [-0.05, 0) is 24.3 Å². The molecule has 0 unspecified atom stereocenters. The topological polar surface area (TPSA) is 20.3 Å². The molecular weight excluding hydrogens is 138 g/mol. The molecule has 0 radical (unpaired) electrons. The normalized spacial score (nSPS) is 47.0. The fourth-order valence-electron chi connectivity index (χ4n) is 2.71. The van der Waals surface area contributed by atoms with Gasteiger partial charge in [0.1, 0.15) is 6.29 Å². The summed E-state index contributed by atoms with van der Waals surface area (Å²) in [5.41, 5.74) is 0.443. The lowest BCUT2D eigenvalue weighted by Gasteiger charge is -2.22. The quantitative estimate of drug-likeness (QED) is 0.519. The fourth-order valence-corrected chi connectivity index (χ4v) is 2.71. The van der Waals surface area contributed by atoms with Crippen molar-refractivity contribution in [2.75, 3.05) is 13.6 Å². The van der Waals surface area contributed by atoms with E-state index in [9.17, 15) is 4.79 Å². The molecule has 11 heavy (non-hydrogen) atoms. The number of piperidine rings is 1. The summed E-state index contributed by atoms with van der Waals surface area (Å²) in [5, 5.41) is 0. The van der Waals surface area contributed by atoms with E-state index in [-0.39, 0.29) is 6.04 Å². The van der Waals surface area contributed by atoms with E-state index in [1.807, 2.05) is 7.05 Å². The van der Waals surface area contributed by atoms with Gasteiger partial charge < -0.3 is 4.79 Å². The standard InChI is InChI=1S/C9H15NO/c1-9(2)6-4-10(3)7(5-11)8(6)9/h5-8H,4H2,1-3H3/t6-,7-,8-/m1/s1. The highest BCUT2D eigenvalue weighted by Crippen LogP contribution is 2.63. The molecule has 2 rings (SSSR count). The van der Waals surface area contributed by atoms with Gasteiger partial charge in [-0.3, -0.25) is 4.90 Å². The van der Waals surface area contributed by atoms with Gasteiger partial charge in [0, 0.05) is 6.54 Å². The molecule has 3 atom stereocenters. The molecule has 1 aliphatic carbocycles. The number of rotatable bonds is 1. The molecule has 1 saturated carbocycles. The molecule has 62 valence electrons. The number of hydrogen-bond acceptors (Lipinski definition) is 2. The molecule has 0 aromatic carbocycles. The molecule has 0 spiro atoms. The Bertz CT molecular complexity index is 200. The molecule has 2 nitrogen and oxygen atoms in total. The van der Waals surface area contributed by atoms with Crippen LogP contribution in [0.4, 0.5) is 0 Å². The highest BCUT2D eigenvalue weighted by atomic mass is 16.1. The van der Waals surface area contributed by atoms with Gasteiger partial charge in [0.15, 0.2) is 0 Å². The van der Waals surface area contributed by atoms with Crippen molar-refractivity contribution < 1.29 is 4.79 Å². The lowest BCUT2D eigenvalue weighted by atomic mass is 10.0. The van der Waals surface area contributed by atoms with Gasteiger partial charge in [0.05, 0.1) is 6.04 Å².